The van der Waals surface area contributed by atoms with Gasteiger partial charge in [0.1, 0.15) is 18.2 Å². The maximum absolute atomic E-state index is 13.2. The maximum atomic E-state index is 13.2. The molecule has 0 atom stereocenters. The number of halogens is 3. The van der Waals surface area contributed by atoms with Gasteiger partial charge in [0.25, 0.3) is 0 Å². The third kappa shape index (κ3) is 4.51. The molecule has 3 aromatic carbocycles. The Balaban J connectivity index is 1.47. The van der Waals surface area contributed by atoms with Crippen LogP contribution in [0.3, 0.4) is 0 Å². The third-order valence-electron chi connectivity index (χ3n) is 4.01. The number of nitrogens with zero attached hydrogens (tertiary/aromatic N) is 2. The molecule has 0 saturated heterocycles. The van der Waals surface area contributed by atoms with Gasteiger partial charge in [-0.15, -0.1) is 0 Å². The van der Waals surface area contributed by atoms with Crippen LogP contribution >= 0.6 is 34.2 Å². The molecule has 140 valence electrons. The largest absolute Gasteiger partial charge is 0.487 e. The van der Waals surface area contributed by atoms with Crippen LogP contribution in [0.1, 0.15) is 5.56 Å². The smallest absolute Gasteiger partial charge is 0.227 e. The summed E-state index contributed by atoms with van der Waals surface area (Å²) in [6, 6.07) is 17.6. The number of aromatic nitrogens is 2. The number of rotatable bonds is 5. The average Bonchev–Trinajstić information content (AvgIpc) is 2.67. The van der Waals surface area contributed by atoms with Gasteiger partial charge in [0.15, 0.2) is 0 Å². The first-order chi connectivity index (χ1) is 13.6. The molecule has 4 aromatic rings. The third-order valence-corrected chi connectivity index (χ3v) is 4.98. The van der Waals surface area contributed by atoms with Gasteiger partial charge in [0.05, 0.1) is 10.5 Å². The summed E-state index contributed by atoms with van der Waals surface area (Å²) in [6.07, 6.45) is 1.78. The molecular weight excluding hydrogens is 492 g/mol. The zero-order chi connectivity index (χ0) is 19.5. The monoisotopic (exact) mass is 505 g/mol. The lowest BCUT2D eigenvalue weighted by atomic mass is 10.2. The van der Waals surface area contributed by atoms with Crippen molar-refractivity contribution in [2.75, 3.05) is 5.32 Å². The molecule has 0 amide bonds. The van der Waals surface area contributed by atoms with Crippen LogP contribution in [0.25, 0.3) is 10.9 Å². The Bertz CT molecular complexity index is 1160. The minimum absolute atomic E-state index is 0.233. The molecule has 1 aromatic heterocycles. The fraction of sp³-hybridized carbons (Fsp3) is 0.0476. The van der Waals surface area contributed by atoms with Gasteiger partial charge in [0.2, 0.25) is 5.95 Å². The van der Waals surface area contributed by atoms with E-state index in [2.05, 4.69) is 37.9 Å². The predicted octanol–water partition coefficient (Wildman–Crippen LogP) is 6.35. The number of benzene rings is 3. The van der Waals surface area contributed by atoms with E-state index in [1.807, 2.05) is 24.3 Å². The van der Waals surface area contributed by atoms with Crippen molar-refractivity contribution in [2.24, 2.45) is 0 Å². The van der Waals surface area contributed by atoms with E-state index < -0.39 is 0 Å². The molecular formula is C21H14ClFIN3O. The summed E-state index contributed by atoms with van der Waals surface area (Å²) < 4.78 is 20.1. The highest BCUT2D eigenvalue weighted by atomic mass is 127. The highest BCUT2D eigenvalue weighted by molar-refractivity contribution is 14.1. The summed E-state index contributed by atoms with van der Waals surface area (Å²) >= 11 is 8.58. The first kappa shape index (κ1) is 18.9. The summed E-state index contributed by atoms with van der Waals surface area (Å²) in [7, 11) is 0. The van der Waals surface area contributed by atoms with E-state index in [0.717, 1.165) is 25.7 Å². The standard InChI is InChI=1S/C21H14ClFIN3O/c22-18-10-17(5-7-20(18)28-12-13-2-1-3-15(23)8-13)26-21-25-11-14-9-16(24)4-6-19(14)27-21/h1-11H,12H2,(H,25,26,27). The summed E-state index contributed by atoms with van der Waals surface area (Å²) in [5.74, 6) is 0.709. The number of hydrogen-bond donors (Lipinski definition) is 1. The lowest BCUT2D eigenvalue weighted by Crippen LogP contribution is -1.99. The van der Waals surface area contributed by atoms with Crippen molar-refractivity contribution in [1.82, 2.24) is 9.97 Å². The van der Waals surface area contributed by atoms with E-state index in [-0.39, 0.29) is 12.4 Å². The predicted molar refractivity (Wildman–Crippen MR) is 118 cm³/mol. The first-order valence-electron chi connectivity index (χ1n) is 8.43. The summed E-state index contributed by atoms with van der Waals surface area (Å²) in [5, 5.41) is 4.57. The van der Waals surface area contributed by atoms with Crippen LogP contribution in [0, 0.1) is 9.39 Å². The summed E-state index contributed by atoms with van der Waals surface area (Å²) in [6.45, 7) is 0.233. The molecule has 4 nitrogen and oxygen atoms in total. The van der Waals surface area contributed by atoms with Crippen molar-refractivity contribution in [1.29, 1.82) is 0 Å². The zero-order valence-electron chi connectivity index (χ0n) is 14.5. The van der Waals surface area contributed by atoms with Gasteiger partial charge in [-0.1, -0.05) is 23.7 Å². The quantitative estimate of drug-likeness (QED) is 0.321. The van der Waals surface area contributed by atoms with Gasteiger partial charge in [-0.25, -0.2) is 14.4 Å². The lowest BCUT2D eigenvalue weighted by molar-refractivity contribution is 0.306. The molecule has 0 aliphatic heterocycles. The highest BCUT2D eigenvalue weighted by Gasteiger charge is 2.07. The fourth-order valence-electron chi connectivity index (χ4n) is 2.68. The number of fused-ring (bicyclic) bond motifs is 1. The molecule has 28 heavy (non-hydrogen) atoms. The molecule has 0 fully saturated rings. The van der Waals surface area contributed by atoms with E-state index >= 15 is 0 Å². The van der Waals surface area contributed by atoms with Crippen molar-refractivity contribution in [2.45, 2.75) is 6.61 Å². The van der Waals surface area contributed by atoms with Crippen molar-refractivity contribution < 1.29 is 9.13 Å². The van der Waals surface area contributed by atoms with Gasteiger partial charge >= 0.3 is 0 Å². The fourth-order valence-corrected chi connectivity index (χ4v) is 3.43. The number of ether oxygens (including phenoxy) is 1. The van der Waals surface area contributed by atoms with Gasteiger partial charge < -0.3 is 10.1 Å². The Morgan fingerprint density at radius 3 is 2.79 bits per heavy atom. The molecule has 7 heteroatoms. The molecule has 0 unspecified atom stereocenters. The number of nitrogens with one attached hydrogen (secondary N) is 1. The second-order valence-corrected chi connectivity index (χ2v) is 7.74. The van der Waals surface area contributed by atoms with Crippen LogP contribution in [0.15, 0.2) is 66.9 Å². The summed E-state index contributed by atoms with van der Waals surface area (Å²) in [5.41, 5.74) is 2.34. The minimum Gasteiger partial charge on any atom is -0.487 e. The van der Waals surface area contributed by atoms with Crippen molar-refractivity contribution in [3.05, 3.63) is 86.8 Å². The van der Waals surface area contributed by atoms with Gasteiger partial charge in [-0.05, 0) is 76.7 Å². The Morgan fingerprint density at radius 1 is 1.07 bits per heavy atom. The van der Waals surface area contributed by atoms with Gasteiger partial charge in [-0.2, -0.15) is 0 Å². The molecule has 0 radical (unpaired) electrons. The molecule has 0 bridgehead atoms. The van der Waals surface area contributed by atoms with Crippen LogP contribution in [0.4, 0.5) is 16.0 Å². The molecule has 0 aliphatic carbocycles. The van der Waals surface area contributed by atoms with E-state index in [9.17, 15) is 4.39 Å². The molecule has 0 saturated carbocycles. The van der Waals surface area contributed by atoms with E-state index in [0.29, 0.717) is 16.7 Å². The molecule has 0 spiro atoms. The Labute approximate surface area is 179 Å². The van der Waals surface area contributed by atoms with Gasteiger partial charge in [0, 0.05) is 20.8 Å². The molecule has 0 aliphatic rings. The molecule has 1 heterocycles. The number of hydrogen-bond acceptors (Lipinski definition) is 4. The second kappa shape index (κ2) is 8.28. The summed E-state index contributed by atoms with van der Waals surface area (Å²) in [4.78, 5) is 8.86. The first-order valence-corrected chi connectivity index (χ1v) is 9.89. The van der Waals surface area contributed by atoms with Gasteiger partial charge in [-0.3, -0.25) is 0 Å². The van der Waals surface area contributed by atoms with E-state index in [4.69, 9.17) is 16.3 Å². The van der Waals surface area contributed by atoms with Crippen LogP contribution in [-0.4, -0.2) is 9.97 Å². The van der Waals surface area contributed by atoms with Crippen LogP contribution in [0.5, 0.6) is 5.75 Å². The highest BCUT2D eigenvalue weighted by Crippen LogP contribution is 2.29. The van der Waals surface area contributed by atoms with E-state index in [1.54, 1.807) is 30.5 Å². The SMILES string of the molecule is Fc1cccc(COc2ccc(Nc3ncc4cc(I)ccc4n3)cc2Cl)c1. The average molecular weight is 506 g/mol. The Morgan fingerprint density at radius 2 is 1.96 bits per heavy atom. The normalized spacial score (nSPS) is 10.8. The van der Waals surface area contributed by atoms with Crippen molar-refractivity contribution in [3.8, 4) is 5.75 Å². The maximum Gasteiger partial charge on any atom is 0.227 e. The Hall–Kier alpha value is -2.45. The lowest BCUT2D eigenvalue weighted by Gasteiger charge is -2.11. The second-order valence-electron chi connectivity index (χ2n) is 6.09. The van der Waals surface area contributed by atoms with Crippen LogP contribution in [0.2, 0.25) is 5.02 Å². The molecule has 4 rings (SSSR count). The topological polar surface area (TPSA) is 47.0 Å². The molecule has 1 N–H and O–H groups in total. The van der Waals surface area contributed by atoms with Crippen LogP contribution in [-0.2, 0) is 6.61 Å². The minimum atomic E-state index is -0.295. The Kier molecular flexibility index (Phi) is 5.59. The van der Waals surface area contributed by atoms with E-state index in [1.165, 1.54) is 12.1 Å². The zero-order valence-corrected chi connectivity index (χ0v) is 17.4. The van der Waals surface area contributed by atoms with Crippen molar-refractivity contribution in [3.63, 3.8) is 0 Å². The van der Waals surface area contributed by atoms with Crippen LogP contribution < -0.4 is 10.1 Å². The van der Waals surface area contributed by atoms with Crippen molar-refractivity contribution >= 4 is 56.7 Å². The number of anilines is 2.